The van der Waals surface area contributed by atoms with Crippen LogP contribution < -0.4 is 10.1 Å². The summed E-state index contributed by atoms with van der Waals surface area (Å²) in [6, 6.07) is 1.75. The number of carbonyl (C=O) groups excluding carboxylic acids is 2. The normalized spacial score (nSPS) is 20.0. The molecular weight excluding hydrogens is 314 g/mol. The molecule has 0 radical (unpaired) electrons. The van der Waals surface area contributed by atoms with Crippen molar-refractivity contribution in [3.8, 4) is 5.88 Å². The van der Waals surface area contributed by atoms with Crippen LogP contribution in [0.4, 0.5) is 0 Å². The van der Waals surface area contributed by atoms with E-state index in [1.54, 1.807) is 11.0 Å². The van der Waals surface area contributed by atoms with Crippen LogP contribution in [0.25, 0.3) is 0 Å². The molecule has 2 amide bonds. The van der Waals surface area contributed by atoms with Crippen LogP contribution in [0.15, 0.2) is 6.07 Å². The van der Waals surface area contributed by atoms with E-state index in [0.717, 1.165) is 0 Å². The Bertz CT molecular complexity index is 643. The third-order valence-corrected chi connectivity index (χ3v) is 4.14. The first-order valence-corrected chi connectivity index (χ1v) is 7.97. The maximum absolute atomic E-state index is 12.3. The van der Waals surface area contributed by atoms with E-state index in [2.05, 4.69) is 10.3 Å². The molecule has 130 valence electrons. The minimum atomic E-state index is -0.607. The molecular formula is C16H21N3O5. The maximum atomic E-state index is 12.3. The van der Waals surface area contributed by atoms with Crippen LogP contribution in [-0.4, -0.2) is 61.3 Å². The van der Waals surface area contributed by atoms with Gasteiger partial charge in [-0.05, 0) is 13.0 Å². The van der Waals surface area contributed by atoms with Crippen LogP contribution in [0, 0.1) is 0 Å². The van der Waals surface area contributed by atoms with Gasteiger partial charge in [-0.15, -0.1) is 0 Å². The molecule has 8 heteroatoms. The summed E-state index contributed by atoms with van der Waals surface area (Å²) in [4.78, 5) is 30.5. The van der Waals surface area contributed by atoms with Crippen LogP contribution in [0.5, 0.6) is 5.88 Å². The fourth-order valence-electron chi connectivity index (χ4n) is 2.80. The fraction of sp³-hybridized carbons (Fsp3) is 0.562. The molecule has 1 saturated heterocycles. The Morgan fingerprint density at radius 3 is 3.00 bits per heavy atom. The van der Waals surface area contributed by atoms with Gasteiger partial charge in [-0.1, -0.05) is 0 Å². The lowest BCUT2D eigenvalue weighted by Crippen LogP contribution is -2.42. The minimum absolute atomic E-state index is 0.0424. The van der Waals surface area contributed by atoms with Gasteiger partial charge in [-0.3, -0.25) is 9.59 Å². The van der Waals surface area contributed by atoms with Crippen LogP contribution in [-0.2, 0) is 27.4 Å². The smallest absolute Gasteiger partial charge is 0.256 e. The van der Waals surface area contributed by atoms with Gasteiger partial charge < -0.3 is 24.4 Å². The highest BCUT2D eigenvalue weighted by atomic mass is 16.6. The topological polar surface area (TPSA) is 90.0 Å². The van der Waals surface area contributed by atoms with Crippen molar-refractivity contribution in [1.82, 2.24) is 15.2 Å². The van der Waals surface area contributed by atoms with Crippen molar-refractivity contribution in [3.63, 3.8) is 0 Å². The molecule has 1 aromatic rings. The predicted octanol–water partition coefficient (Wildman–Crippen LogP) is 0.0975. The van der Waals surface area contributed by atoms with Gasteiger partial charge >= 0.3 is 0 Å². The first kappa shape index (κ1) is 16.7. The SMILES string of the molecule is CCN1Cc2nc(OC)c(CNC(=O)[C@@H]3COCCO3)cc2C1=O. The maximum Gasteiger partial charge on any atom is 0.256 e. The largest absolute Gasteiger partial charge is 0.481 e. The van der Waals surface area contributed by atoms with Crippen LogP contribution >= 0.6 is 0 Å². The van der Waals surface area contributed by atoms with Gasteiger partial charge in [-0.25, -0.2) is 4.98 Å². The fourth-order valence-corrected chi connectivity index (χ4v) is 2.80. The standard InChI is InChI=1S/C16H21N3O5/c1-3-19-8-12-11(16(19)21)6-10(15(18-12)22-2)7-17-14(20)13-9-23-4-5-24-13/h6,13H,3-5,7-9H2,1-2H3,(H,17,20)/t13-/m0/s1. The zero-order valence-electron chi connectivity index (χ0n) is 13.8. The highest BCUT2D eigenvalue weighted by Crippen LogP contribution is 2.26. The van der Waals surface area contributed by atoms with E-state index in [0.29, 0.717) is 49.0 Å². The number of carbonyl (C=O) groups is 2. The molecule has 8 nitrogen and oxygen atoms in total. The Balaban J connectivity index is 1.72. The van der Waals surface area contributed by atoms with Gasteiger partial charge in [0, 0.05) is 18.7 Å². The zero-order chi connectivity index (χ0) is 17.1. The molecule has 2 aliphatic heterocycles. The molecule has 24 heavy (non-hydrogen) atoms. The van der Waals surface area contributed by atoms with Gasteiger partial charge in [0.25, 0.3) is 11.8 Å². The zero-order valence-corrected chi connectivity index (χ0v) is 13.8. The lowest BCUT2D eigenvalue weighted by Gasteiger charge is -2.22. The summed E-state index contributed by atoms with van der Waals surface area (Å²) in [5.74, 6) is 0.124. The highest BCUT2D eigenvalue weighted by molar-refractivity contribution is 5.98. The van der Waals surface area contributed by atoms with E-state index in [-0.39, 0.29) is 25.0 Å². The second kappa shape index (κ2) is 7.14. The van der Waals surface area contributed by atoms with Crippen molar-refractivity contribution in [1.29, 1.82) is 0 Å². The van der Waals surface area contributed by atoms with E-state index in [1.165, 1.54) is 7.11 Å². The Morgan fingerprint density at radius 1 is 1.50 bits per heavy atom. The lowest BCUT2D eigenvalue weighted by atomic mass is 10.1. The van der Waals surface area contributed by atoms with Crippen LogP contribution in [0.1, 0.15) is 28.5 Å². The first-order chi connectivity index (χ1) is 11.6. The monoisotopic (exact) mass is 335 g/mol. The van der Waals surface area contributed by atoms with Crippen LogP contribution in [0.2, 0.25) is 0 Å². The third-order valence-electron chi connectivity index (χ3n) is 4.14. The molecule has 1 aromatic heterocycles. The van der Waals surface area contributed by atoms with Gasteiger partial charge in [-0.2, -0.15) is 0 Å². The van der Waals surface area contributed by atoms with Crippen LogP contribution in [0.3, 0.4) is 0 Å². The number of ether oxygens (including phenoxy) is 3. The Labute approximate surface area is 140 Å². The Morgan fingerprint density at radius 2 is 2.33 bits per heavy atom. The summed E-state index contributed by atoms with van der Waals surface area (Å²) < 4.78 is 15.9. The summed E-state index contributed by atoms with van der Waals surface area (Å²) in [5.41, 5.74) is 1.93. The number of rotatable bonds is 5. The highest BCUT2D eigenvalue weighted by Gasteiger charge is 2.29. The van der Waals surface area contributed by atoms with Gasteiger partial charge in [0.15, 0.2) is 6.10 Å². The second-order valence-electron chi connectivity index (χ2n) is 5.62. The number of fused-ring (bicyclic) bond motifs is 1. The van der Waals surface area contributed by atoms with Gasteiger partial charge in [0.2, 0.25) is 5.88 Å². The average Bonchev–Trinajstić information content (AvgIpc) is 2.94. The molecule has 0 saturated carbocycles. The average molecular weight is 335 g/mol. The number of pyridine rings is 1. The van der Waals surface area contributed by atoms with E-state index >= 15 is 0 Å². The second-order valence-corrected chi connectivity index (χ2v) is 5.62. The minimum Gasteiger partial charge on any atom is -0.481 e. The quantitative estimate of drug-likeness (QED) is 0.821. The van der Waals surface area contributed by atoms with Gasteiger partial charge in [0.05, 0.1) is 44.7 Å². The molecule has 1 atom stereocenters. The lowest BCUT2D eigenvalue weighted by molar-refractivity contribution is -0.147. The number of hydrogen-bond acceptors (Lipinski definition) is 6. The Kier molecular flexibility index (Phi) is 4.96. The molecule has 0 aromatic carbocycles. The van der Waals surface area contributed by atoms with E-state index in [9.17, 15) is 9.59 Å². The van der Waals surface area contributed by atoms with Crippen molar-refractivity contribution >= 4 is 11.8 Å². The molecule has 0 bridgehead atoms. The third kappa shape index (κ3) is 3.20. The molecule has 3 rings (SSSR count). The number of methoxy groups -OCH3 is 1. The Hall–Kier alpha value is -2.19. The number of aromatic nitrogens is 1. The predicted molar refractivity (Wildman–Crippen MR) is 83.6 cm³/mol. The first-order valence-electron chi connectivity index (χ1n) is 7.97. The van der Waals surface area contributed by atoms with Gasteiger partial charge in [0.1, 0.15) is 0 Å². The molecule has 0 aliphatic carbocycles. The number of nitrogens with zero attached hydrogens (tertiary/aromatic N) is 2. The van der Waals surface area contributed by atoms with Crippen molar-refractivity contribution < 1.29 is 23.8 Å². The molecule has 0 unspecified atom stereocenters. The molecule has 3 heterocycles. The molecule has 1 fully saturated rings. The summed E-state index contributed by atoms with van der Waals surface area (Å²) in [6.45, 7) is 4.40. The summed E-state index contributed by atoms with van der Waals surface area (Å²) in [7, 11) is 1.52. The summed E-state index contributed by atoms with van der Waals surface area (Å²) in [5, 5.41) is 2.79. The van der Waals surface area contributed by atoms with E-state index in [4.69, 9.17) is 14.2 Å². The van der Waals surface area contributed by atoms with E-state index in [1.807, 2.05) is 6.92 Å². The number of hydrogen-bond donors (Lipinski definition) is 1. The number of amides is 2. The number of nitrogens with one attached hydrogen (secondary N) is 1. The van der Waals surface area contributed by atoms with Crippen molar-refractivity contribution in [2.24, 2.45) is 0 Å². The van der Waals surface area contributed by atoms with Crippen molar-refractivity contribution in [2.45, 2.75) is 26.1 Å². The molecule has 0 spiro atoms. The molecule has 2 aliphatic rings. The molecule has 1 N–H and O–H groups in total. The van der Waals surface area contributed by atoms with E-state index < -0.39 is 6.10 Å². The summed E-state index contributed by atoms with van der Waals surface area (Å²) >= 11 is 0. The van der Waals surface area contributed by atoms with Crippen molar-refractivity contribution in [3.05, 3.63) is 22.9 Å². The summed E-state index contributed by atoms with van der Waals surface area (Å²) in [6.07, 6.45) is -0.607. The van der Waals surface area contributed by atoms with Crippen molar-refractivity contribution in [2.75, 3.05) is 33.5 Å².